The van der Waals surface area contributed by atoms with Crippen LogP contribution < -0.4 is 4.74 Å². The molecule has 1 aromatic carbocycles. The van der Waals surface area contributed by atoms with E-state index in [1.165, 1.54) is 0 Å². The summed E-state index contributed by atoms with van der Waals surface area (Å²) in [6.07, 6.45) is 0. The molecule has 0 saturated carbocycles. The molecule has 68 valence electrons. The van der Waals surface area contributed by atoms with Gasteiger partial charge in [-0.05, 0) is 18.2 Å². The van der Waals surface area contributed by atoms with E-state index in [2.05, 4.69) is 20.8 Å². The number of nitrogens with zero attached hydrogens (tertiary/aromatic N) is 1. The Hall–Kier alpha value is -1.01. The Morgan fingerprint density at radius 2 is 2.23 bits per heavy atom. The van der Waals surface area contributed by atoms with Gasteiger partial charge in [-0.15, -0.1) is 0 Å². The van der Waals surface area contributed by atoms with Gasteiger partial charge in [0.05, 0.1) is 12.7 Å². The van der Waals surface area contributed by atoms with Crippen molar-refractivity contribution in [3.63, 3.8) is 0 Å². The van der Waals surface area contributed by atoms with Crippen LogP contribution in [0.25, 0.3) is 4.85 Å². The van der Waals surface area contributed by atoms with E-state index in [0.29, 0.717) is 0 Å². The zero-order valence-electron chi connectivity index (χ0n) is 7.54. The van der Waals surface area contributed by atoms with Crippen molar-refractivity contribution >= 4 is 15.9 Å². The second-order valence-electron chi connectivity index (χ2n) is 2.69. The molecule has 2 nitrogen and oxygen atoms in total. The molecule has 1 rings (SSSR count). The van der Waals surface area contributed by atoms with Crippen LogP contribution in [-0.4, -0.2) is 7.11 Å². The monoisotopic (exact) mass is 239 g/mol. The first kappa shape index (κ1) is 10.1. The van der Waals surface area contributed by atoms with Gasteiger partial charge in [0.25, 0.3) is 0 Å². The summed E-state index contributed by atoms with van der Waals surface area (Å²) < 4.78 is 6.13. The van der Waals surface area contributed by atoms with E-state index in [-0.39, 0.29) is 6.04 Å². The molecule has 1 atom stereocenters. The maximum absolute atomic E-state index is 6.94. The summed E-state index contributed by atoms with van der Waals surface area (Å²) in [5, 5.41) is 0. The van der Waals surface area contributed by atoms with Gasteiger partial charge >= 0.3 is 0 Å². The molecule has 0 saturated heterocycles. The van der Waals surface area contributed by atoms with Gasteiger partial charge in [-0.2, -0.15) is 0 Å². The van der Waals surface area contributed by atoms with Crippen molar-refractivity contribution in [1.29, 1.82) is 0 Å². The molecular formula is C10H10BrNO. The van der Waals surface area contributed by atoms with Crippen LogP contribution in [0.5, 0.6) is 5.75 Å². The molecule has 0 aliphatic carbocycles. The Balaban J connectivity index is 3.17. The van der Waals surface area contributed by atoms with E-state index in [1.54, 1.807) is 7.11 Å². The van der Waals surface area contributed by atoms with Crippen molar-refractivity contribution in [2.75, 3.05) is 7.11 Å². The summed E-state index contributed by atoms with van der Waals surface area (Å²) in [4.78, 5) is 3.46. The molecule has 0 aromatic heterocycles. The molecule has 0 N–H and O–H groups in total. The first-order valence-corrected chi connectivity index (χ1v) is 4.68. The number of hydrogen-bond donors (Lipinski definition) is 0. The second kappa shape index (κ2) is 4.29. The van der Waals surface area contributed by atoms with Gasteiger partial charge in [-0.1, -0.05) is 15.9 Å². The summed E-state index contributed by atoms with van der Waals surface area (Å²) >= 11 is 3.36. The molecule has 1 unspecified atom stereocenters. The van der Waals surface area contributed by atoms with Gasteiger partial charge in [0, 0.05) is 11.4 Å². The summed E-state index contributed by atoms with van der Waals surface area (Å²) in [6.45, 7) is 8.80. The molecule has 0 fully saturated rings. The molecule has 0 bridgehead atoms. The summed E-state index contributed by atoms with van der Waals surface area (Å²) in [5.41, 5.74) is 0.923. The zero-order valence-corrected chi connectivity index (χ0v) is 9.13. The molecule has 0 radical (unpaired) electrons. The number of hydrogen-bond acceptors (Lipinski definition) is 1. The van der Waals surface area contributed by atoms with Crippen LogP contribution in [0.1, 0.15) is 18.5 Å². The fourth-order valence-electron chi connectivity index (χ4n) is 1.10. The Kier molecular flexibility index (Phi) is 3.32. The van der Waals surface area contributed by atoms with Crippen LogP contribution in [0.4, 0.5) is 0 Å². The highest BCUT2D eigenvalue weighted by Gasteiger charge is 2.14. The first-order valence-electron chi connectivity index (χ1n) is 3.89. The number of benzene rings is 1. The van der Waals surface area contributed by atoms with E-state index in [0.717, 1.165) is 15.8 Å². The van der Waals surface area contributed by atoms with Crippen LogP contribution in [0.2, 0.25) is 0 Å². The number of methoxy groups -OCH3 is 1. The normalized spacial score (nSPS) is 11.8. The van der Waals surface area contributed by atoms with Crippen molar-refractivity contribution in [3.8, 4) is 5.75 Å². The number of rotatable bonds is 2. The number of ether oxygens (including phenoxy) is 1. The highest BCUT2D eigenvalue weighted by Crippen LogP contribution is 2.30. The third kappa shape index (κ3) is 2.22. The van der Waals surface area contributed by atoms with Gasteiger partial charge in [-0.25, -0.2) is 6.57 Å². The highest BCUT2D eigenvalue weighted by atomic mass is 79.9. The van der Waals surface area contributed by atoms with E-state index in [4.69, 9.17) is 11.3 Å². The molecule has 0 heterocycles. The minimum absolute atomic E-state index is 0.160. The molecule has 3 heteroatoms. The van der Waals surface area contributed by atoms with Gasteiger partial charge in [-0.3, -0.25) is 0 Å². The minimum atomic E-state index is -0.160. The molecule has 0 aliphatic heterocycles. The third-order valence-electron chi connectivity index (χ3n) is 1.84. The first-order chi connectivity index (χ1) is 6.19. The molecule has 0 spiro atoms. The standard InChI is InChI=1S/C10H10BrNO/c1-7(12-2)9-6-8(11)4-5-10(9)13-3/h4-7H,1,3H3. The lowest BCUT2D eigenvalue weighted by Gasteiger charge is -2.07. The lowest BCUT2D eigenvalue weighted by atomic mass is 10.1. The minimum Gasteiger partial charge on any atom is -0.496 e. The fourth-order valence-corrected chi connectivity index (χ4v) is 1.48. The largest absolute Gasteiger partial charge is 0.496 e. The van der Waals surface area contributed by atoms with Crippen LogP contribution >= 0.6 is 15.9 Å². The highest BCUT2D eigenvalue weighted by molar-refractivity contribution is 9.10. The third-order valence-corrected chi connectivity index (χ3v) is 2.33. The lowest BCUT2D eigenvalue weighted by molar-refractivity contribution is 0.408. The van der Waals surface area contributed by atoms with E-state index in [9.17, 15) is 0 Å². The van der Waals surface area contributed by atoms with Gasteiger partial charge < -0.3 is 9.58 Å². The van der Waals surface area contributed by atoms with Gasteiger partial charge in [0.2, 0.25) is 6.04 Å². The topological polar surface area (TPSA) is 13.6 Å². The Morgan fingerprint density at radius 3 is 2.77 bits per heavy atom. The quantitative estimate of drug-likeness (QED) is 0.722. The smallest absolute Gasteiger partial charge is 0.249 e. The Bertz CT molecular complexity index is 343. The molecular weight excluding hydrogens is 230 g/mol. The molecule has 0 aliphatic rings. The summed E-state index contributed by atoms with van der Waals surface area (Å²) in [7, 11) is 1.61. The van der Waals surface area contributed by atoms with Crippen molar-refractivity contribution in [2.45, 2.75) is 13.0 Å². The SMILES string of the molecule is [C-]#[N+]C(C)c1cc(Br)ccc1OC. The van der Waals surface area contributed by atoms with Crippen LogP contribution in [0.3, 0.4) is 0 Å². The summed E-state index contributed by atoms with van der Waals surface area (Å²) in [5.74, 6) is 0.770. The van der Waals surface area contributed by atoms with Gasteiger partial charge in [0.15, 0.2) is 0 Å². The van der Waals surface area contributed by atoms with E-state index >= 15 is 0 Å². The maximum atomic E-state index is 6.94. The maximum Gasteiger partial charge on any atom is 0.249 e. The van der Waals surface area contributed by atoms with Crippen molar-refractivity contribution in [1.82, 2.24) is 0 Å². The predicted octanol–water partition coefficient (Wildman–Crippen LogP) is 3.44. The zero-order chi connectivity index (χ0) is 9.84. The fraction of sp³-hybridized carbons (Fsp3) is 0.300. The predicted molar refractivity (Wildman–Crippen MR) is 55.7 cm³/mol. The summed E-state index contributed by atoms with van der Waals surface area (Å²) in [6, 6.07) is 5.52. The van der Waals surface area contributed by atoms with E-state index < -0.39 is 0 Å². The second-order valence-corrected chi connectivity index (χ2v) is 3.61. The van der Waals surface area contributed by atoms with E-state index in [1.807, 2.05) is 25.1 Å². The van der Waals surface area contributed by atoms with Crippen molar-refractivity contribution in [3.05, 3.63) is 39.7 Å². The van der Waals surface area contributed by atoms with Crippen LogP contribution in [0.15, 0.2) is 22.7 Å². The molecule has 13 heavy (non-hydrogen) atoms. The average molecular weight is 240 g/mol. The van der Waals surface area contributed by atoms with Crippen LogP contribution in [-0.2, 0) is 0 Å². The number of halogens is 1. The molecule has 1 aromatic rings. The Labute approximate surface area is 86.5 Å². The van der Waals surface area contributed by atoms with Crippen molar-refractivity contribution in [2.24, 2.45) is 0 Å². The van der Waals surface area contributed by atoms with Crippen LogP contribution in [0, 0.1) is 6.57 Å². The Morgan fingerprint density at radius 1 is 1.54 bits per heavy atom. The van der Waals surface area contributed by atoms with Crippen molar-refractivity contribution < 1.29 is 4.74 Å². The lowest BCUT2D eigenvalue weighted by Crippen LogP contribution is -1.93. The average Bonchev–Trinajstić information content (AvgIpc) is 2.16. The van der Waals surface area contributed by atoms with Gasteiger partial charge in [0.1, 0.15) is 5.75 Å². The molecule has 0 amide bonds.